The van der Waals surface area contributed by atoms with Crippen molar-refractivity contribution in [1.29, 1.82) is 0 Å². The second-order valence-electron chi connectivity index (χ2n) is 7.15. The van der Waals surface area contributed by atoms with E-state index in [1.807, 2.05) is 31.7 Å². The SMILES string of the molecule is CC(C)(C)OC(=O)N1CCC(C2=Nc3ccccc3C2)CC1. The number of carbonyl (C=O) groups is 1. The zero-order valence-corrected chi connectivity index (χ0v) is 13.6. The third-order valence-electron chi connectivity index (χ3n) is 4.25. The van der Waals surface area contributed by atoms with E-state index in [0.717, 1.165) is 38.0 Å². The summed E-state index contributed by atoms with van der Waals surface area (Å²) in [5.41, 5.74) is 3.30. The molecule has 1 saturated heterocycles. The highest BCUT2D eigenvalue weighted by Crippen LogP contribution is 2.32. The molecule has 3 rings (SSSR count). The van der Waals surface area contributed by atoms with Gasteiger partial charge in [0.1, 0.15) is 5.60 Å². The molecule has 1 fully saturated rings. The average Bonchev–Trinajstić information content (AvgIpc) is 2.89. The largest absolute Gasteiger partial charge is 0.444 e. The van der Waals surface area contributed by atoms with Crippen LogP contribution in [0.5, 0.6) is 0 Å². The van der Waals surface area contributed by atoms with Crippen molar-refractivity contribution in [2.24, 2.45) is 10.9 Å². The summed E-state index contributed by atoms with van der Waals surface area (Å²) in [7, 11) is 0. The summed E-state index contributed by atoms with van der Waals surface area (Å²) in [6, 6.07) is 8.35. The Kier molecular flexibility index (Phi) is 3.94. The Morgan fingerprint density at radius 2 is 1.91 bits per heavy atom. The van der Waals surface area contributed by atoms with Gasteiger partial charge < -0.3 is 9.64 Å². The van der Waals surface area contributed by atoms with E-state index in [-0.39, 0.29) is 6.09 Å². The van der Waals surface area contributed by atoms with Crippen LogP contribution in [-0.4, -0.2) is 35.4 Å². The average molecular weight is 300 g/mol. The zero-order valence-electron chi connectivity index (χ0n) is 13.6. The molecule has 0 unspecified atom stereocenters. The Morgan fingerprint density at radius 1 is 1.23 bits per heavy atom. The summed E-state index contributed by atoms with van der Waals surface area (Å²) < 4.78 is 5.45. The molecule has 0 bridgehead atoms. The van der Waals surface area contributed by atoms with Gasteiger partial charge >= 0.3 is 6.09 Å². The molecule has 1 amide bonds. The summed E-state index contributed by atoms with van der Waals surface area (Å²) >= 11 is 0. The fourth-order valence-corrected chi connectivity index (χ4v) is 3.12. The van der Waals surface area contributed by atoms with Gasteiger partial charge in [0.05, 0.1) is 5.69 Å². The van der Waals surface area contributed by atoms with Crippen LogP contribution in [0.1, 0.15) is 39.2 Å². The molecule has 22 heavy (non-hydrogen) atoms. The minimum atomic E-state index is -0.425. The maximum Gasteiger partial charge on any atom is 0.410 e. The molecule has 4 nitrogen and oxygen atoms in total. The Labute approximate surface area is 132 Å². The van der Waals surface area contributed by atoms with Gasteiger partial charge in [-0.25, -0.2) is 4.79 Å². The second-order valence-corrected chi connectivity index (χ2v) is 7.15. The number of piperidine rings is 1. The van der Waals surface area contributed by atoms with Gasteiger partial charge in [-0.3, -0.25) is 4.99 Å². The molecule has 2 aliphatic heterocycles. The standard InChI is InChI=1S/C18H24N2O2/c1-18(2,3)22-17(21)20-10-8-13(9-11-20)16-12-14-6-4-5-7-15(14)19-16/h4-7,13H,8-12H2,1-3H3. The van der Waals surface area contributed by atoms with Gasteiger partial charge in [-0.2, -0.15) is 0 Å². The topological polar surface area (TPSA) is 41.9 Å². The lowest BCUT2D eigenvalue weighted by atomic mass is 9.90. The first-order valence-corrected chi connectivity index (χ1v) is 8.06. The molecule has 1 aromatic rings. The molecular weight excluding hydrogens is 276 g/mol. The quantitative estimate of drug-likeness (QED) is 0.787. The van der Waals surface area contributed by atoms with Crippen LogP contribution in [0.4, 0.5) is 10.5 Å². The summed E-state index contributed by atoms with van der Waals surface area (Å²) in [4.78, 5) is 18.7. The van der Waals surface area contributed by atoms with E-state index in [0.29, 0.717) is 5.92 Å². The summed E-state index contributed by atoms with van der Waals surface area (Å²) in [6.07, 6.45) is 2.73. The van der Waals surface area contributed by atoms with Crippen LogP contribution in [0.3, 0.4) is 0 Å². The maximum absolute atomic E-state index is 12.1. The number of carbonyl (C=O) groups excluding carboxylic acids is 1. The molecule has 2 heterocycles. The molecule has 118 valence electrons. The van der Waals surface area contributed by atoms with Crippen molar-refractivity contribution in [2.75, 3.05) is 13.1 Å². The summed E-state index contributed by atoms with van der Waals surface area (Å²) in [6.45, 7) is 7.23. The molecule has 0 spiro atoms. The lowest BCUT2D eigenvalue weighted by molar-refractivity contribution is 0.0201. The number of ether oxygens (including phenoxy) is 1. The Morgan fingerprint density at radius 3 is 2.55 bits per heavy atom. The normalized spacial score (nSPS) is 18.9. The monoisotopic (exact) mass is 300 g/mol. The van der Waals surface area contributed by atoms with Crippen LogP contribution < -0.4 is 0 Å². The smallest absolute Gasteiger partial charge is 0.410 e. The van der Waals surface area contributed by atoms with E-state index in [4.69, 9.17) is 9.73 Å². The molecular formula is C18H24N2O2. The van der Waals surface area contributed by atoms with Crippen molar-refractivity contribution in [2.45, 2.75) is 45.6 Å². The van der Waals surface area contributed by atoms with E-state index in [9.17, 15) is 4.79 Å². The third kappa shape index (κ3) is 3.32. The first-order valence-electron chi connectivity index (χ1n) is 8.06. The number of amides is 1. The zero-order chi connectivity index (χ0) is 15.7. The highest BCUT2D eigenvalue weighted by atomic mass is 16.6. The van der Waals surface area contributed by atoms with Gasteiger partial charge in [-0.05, 0) is 45.2 Å². The van der Waals surface area contributed by atoms with Crippen LogP contribution in [0.25, 0.3) is 0 Å². The molecule has 2 aliphatic rings. The Hall–Kier alpha value is -1.84. The number of nitrogens with zero attached hydrogens (tertiary/aromatic N) is 2. The third-order valence-corrected chi connectivity index (χ3v) is 4.25. The van der Waals surface area contributed by atoms with Crippen molar-refractivity contribution >= 4 is 17.5 Å². The minimum Gasteiger partial charge on any atom is -0.444 e. The molecule has 1 aromatic carbocycles. The molecule has 0 aromatic heterocycles. The first-order chi connectivity index (χ1) is 10.4. The number of aliphatic imine (C=N–C) groups is 1. The van der Waals surface area contributed by atoms with E-state index in [1.165, 1.54) is 11.3 Å². The van der Waals surface area contributed by atoms with Crippen LogP contribution in [0.15, 0.2) is 29.3 Å². The number of likely N-dealkylation sites (tertiary alicyclic amines) is 1. The van der Waals surface area contributed by atoms with Gasteiger partial charge in [0.15, 0.2) is 0 Å². The fraction of sp³-hybridized carbons (Fsp3) is 0.556. The highest BCUT2D eigenvalue weighted by molar-refractivity contribution is 5.95. The van der Waals surface area contributed by atoms with Crippen molar-refractivity contribution < 1.29 is 9.53 Å². The number of hydrogen-bond donors (Lipinski definition) is 0. The van der Waals surface area contributed by atoms with E-state index < -0.39 is 5.60 Å². The number of rotatable bonds is 1. The minimum absolute atomic E-state index is 0.192. The molecule has 0 N–H and O–H groups in total. The molecule has 0 atom stereocenters. The van der Waals surface area contributed by atoms with E-state index in [2.05, 4.69) is 18.2 Å². The fourth-order valence-electron chi connectivity index (χ4n) is 3.12. The van der Waals surface area contributed by atoms with Gasteiger partial charge in [0, 0.05) is 31.1 Å². The second kappa shape index (κ2) is 5.75. The number of fused-ring (bicyclic) bond motifs is 1. The van der Waals surface area contributed by atoms with Crippen LogP contribution in [0.2, 0.25) is 0 Å². The van der Waals surface area contributed by atoms with Crippen molar-refractivity contribution in [1.82, 2.24) is 4.90 Å². The van der Waals surface area contributed by atoms with Gasteiger partial charge in [-0.15, -0.1) is 0 Å². The van der Waals surface area contributed by atoms with Gasteiger partial charge in [0.2, 0.25) is 0 Å². The molecule has 0 radical (unpaired) electrons. The first kappa shape index (κ1) is 15.1. The van der Waals surface area contributed by atoms with Crippen molar-refractivity contribution in [3.05, 3.63) is 29.8 Å². The van der Waals surface area contributed by atoms with Gasteiger partial charge in [0.25, 0.3) is 0 Å². The predicted molar refractivity (Wildman–Crippen MR) is 87.8 cm³/mol. The Bertz CT molecular complexity index is 593. The number of benzene rings is 1. The van der Waals surface area contributed by atoms with E-state index >= 15 is 0 Å². The molecule has 4 heteroatoms. The highest BCUT2D eigenvalue weighted by Gasteiger charge is 2.30. The summed E-state index contributed by atoms with van der Waals surface area (Å²) in [5, 5.41) is 0. The maximum atomic E-state index is 12.1. The lowest BCUT2D eigenvalue weighted by Gasteiger charge is -2.33. The van der Waals surface area contributed by atoms with Crippen molar-refractivity contribution in [3.8, 4) is 0 Å². The van der Waals surface area contributed by atoms with E-state index in [1.54, 1.807) is 0 Å². The molecule has 0 saturated carbocycles. The predicted octanol–water partition coefficient (Wildman–Crippen LogP) is 3.96. The summed E-state index contributed by atoms with van der Waals surface area (Å²) in [5.74, 6) is 0.492. The number of hydrogen-bond acceptors (Lipinski definition) is 3. The number of para-hydroxylation sites is 1. The Balaban J connectivity index is 1.56. The van der Waals surface area contributed by atoms with Crippen LogP contribution in [-0.2, 0) is 11.2 Å². The lowest BCUT2D eigenvalue weighted by Crippen LogP contribution is -2.43. The van der Waals surface area contributed by atoms with Crippen molar-refractivity contribution in [3.63, 3.8) is 0 Å². The van der Waals surface area contributed by atoms with Crippen LogP contribution in [0, 0.1) is 5.92 Å². The van der Waals surface area contributed by atoms with Crippen LogP contribution >= 0.6 is 0 Å². The van der Waals surface area contributed by atoms with Gasteiger partial charge in [-0.1, -0.05) is 18.2 Å². The molecule has 0 aliphatic carbocycles.